The van der Waals surface area contributed by atoms with Gasteiger partial charge in [-0.1, -0.05) is 338 Å². The van der Waals surface area contributed by atoms with E-state index in [0.29, 0.717) is 25.7 Å². The maximum Gasteiger partial charge on any atom is 0.472 e. The molecule has 0 aliphatic carbocycles. The van der Waals surface area contributed by atoms with E-state index in [1.54, 1.807) is 0 Å². The minimum absolute atomic E-state index is 0.104. The van der Waals surface area contributed by atoms with Crippen LogP contribution >= 0.6 is 15.6 Å². The van der Waals surface area contributed by atoms with Crippen LogP contribution in [0.25, 0.3) is 0 Å². The lowest BCUT2D eigenvalue weighted by atomic mass is 10.00. The summed E-state index contributed by atoms with van der Waals surface area (Å²) in [7, 11) is -9.91. The number of unbranched alkanes of at least 4 members (excludes halogenated alkanes) is 39. The minimum atomic E-state index is -4.96. The standard InChI is InChI=1S/C77H150O17P2/c1-9-70(8)56-48-40-35-36-42-50-58-75(80)88-64-73(94-77(82)60-52-44-34-28-22-25-31-39-47-55-69(6)7)66-92-96(85,86)90-62-71(78)61-89-95(83,84)91-65-72(63-87-74(79)57-49-41-32-26-20-17-16-19-24-30-38-46-54-68(4)5)93-76(81)59-51-43-33-27-21-15-13-11-10-12-14-18-23-29-37-45-53-67(2)3/h67-73,78H,9-66H2,1-8H3,(H,83,84)(H,85,86)/t70?,71-,72-,73-/m1/s1. The molecule has 0 aromatic rings. The quantitative estimate of drug-likeness (QED) is 0.0222. The fourth-order valence-electron chi connectivity index (χ4n) is 11.7. The molecule has 0 aromatic carbocycles. The average molecular weight is 1410 g/mol. The van der Waals surface area contributed by atoms with Gasteiger partial charge in [-0.05, 0) is 49.4 Å². The first-order chi connectivity index (χ1) is 46.1. The third-order valence-electron chi connectivity index (χ3n) is 18.2. The number of carbonyl (C=O) groups is 4. The highest BCUT2D eigenvalue weighted by molar-refractivity contribution is 7.47. The van der Waals surface area contributed by atoms with Crippen molar-refractivity contribution < 1.29 is 80.2 Å². The smallest absolute Gasteiger partial charge is 0.462 e. The second kappa shape index (κ2) is 66.3. The number of phosphoric ester groups is 2. The maximum atomic E-state index is 13.1. The fourth-order valence-corrected chi connectivity index (χ4v) is 13.3. The molecule has 96 heavy (non-hydrogen) atoms. The Bertz CT molecular complexity index is 1890. The largest absolute Gasteiger partial charge is 0.472 e. The SMILES string of the molecule is CCC(C)CCCCCCCCC(=O)OC[C@H](COP(=O)(O)OC[C@H](O)COP(=O)(O)OC[C@@H](COC(=O)CCCCCCCCCCCCCCC(C)C)OC(=O)CCCCCCCCCCCCCCCCCCC(C)C)OC(=O)CCCCCCCCCCCC(C)C. The third-order valence-corrected chi connectivity index (χ3v) is 20.1. The van der Waals surface area contributed by atoms with E-state index in [2.05, 4.69) is 55.4 Å². The van der Waals surface area contributed by atoms with Crippen LogP contribution in [0.4, 0.5) is 0 Å². The summed E-state index contributed by atoms with van der Waals surface area (Å²) >= 11 is 0. The lowest BCUT2D eigenvalue weighted by molar-refractivity contribution is -0.161. The molecule has 570 valence electrons. The van der Waals surface area contributed by atoms with Crippen LogP contribution in [-0.2, 0) is 65.4 Å². The summed E-state index contributed by atoms with van der Waals surface area (Å²) in [5, 5.41) is 10.6. The molecule has 0 fully saturated rings. The lowest BCUT2D eigenvalue weighted by Crippen LogP contribution is -2.30. The molecular weight excluding hydrogens is 1260 g/mol. The number of hydrogen-bond donors (Lipinski definition) is 3. The highest BCUT2D eigenvalue weighted by Gasteiger charge is 2.30. The molecule has 3 N–H and O–H groups in total. The molecule has 0 amide bonds. The minimum Gasteiger partial charge on any atom is -0.462 e. The van der Waals surface area contributed by atoms with Gasteiger partial charge in [-0.25, -0.2) is 9.13 Å². The first-order valence-electron chi connectivity index (χ1n) is 39.7. The second-order valence-electron chi connectivity index (χ2n) is 29.4. The van der Waals surface area contributed by atoms with Crippen LogP contribution < -0.4 is 0 Å². The number of phosphoric acid groups is 2. The Morgan fingerprint density at radius 3 is 0.740 bits per heavy atom. The number of esters is 4. The van der Waals surface area contributed by atoms with Crippen molar-refractivity contribution in [3.05, 3.63) is 0 Å². The Morgan fingerprint density at radius 1 is 0.292 bits per heavy atom. The van der Waals surface area contributed by atoms with Gasteiger partial charge in [-0.15, -0.1) is 0 Å². The summed E-state index contributed by atoms with van der Waals surface area (Å²) < 4.78 is 68.5. The molecule has 0 aliphatic heterocycles. The fraction of sp³-hybridized carbons (Fsp3) is 0.948. The summed E-state index contributed by atoms with van der Waals surface area (Å²) in [5.41, 5.74) is 0. The van der Waals surface area contributed by atoms with E-state index in [0.717, 1.165) is 120 Å². The summed E-state index contributed by atoms with van der Waals surface area (Å²) in [5.74, 6) is 0.938. The van der Waals surface area contributed by atoms with Crippen LogP contribution in [0.2, 0.25) is 0 Å². The van der Waals surface area contributed by atoms with Gasteiger partial charge in [0.25, 0.3) is 0 Å². The molecule has 0 saturated heterocycles. The van der Waals surface area contributed by atoms with Gasteiger partial charge in [0.05, 0.1) is 26.4 Å². The van der Waals surface area contributed by atoms with Gasteiger partial charge in [0.15, 0.2) is 12.2 Å². The van der Waals surface area contributed by atoms with Crippen molar-refractivity contribution in [3.8, 4) is 0 Å². The van der Waals surface area contributed by atoms with Gasteiger partial charge in [0, 0.05) is 25.7 Å². The lowest BCUT2D eigenvalue weighted by Gasteiger charge is -2.21. The van der Waals surface area contributed by atoms with E-state index in [1.807, 2.05) is 0 Å². The van der Waals surface area contributed by atoms with E-state index in [4.69, 9.17) is 37.0 Å². The van der Waals surface area contributed by atoms with Gasteiger partial charge < -0.3 is 33.8 Å². The number of carbonyl (C=O) groups excluding carboxylic acids is 4. The molecule has 0 rings (SSSR count). The number of ether oxygens (including phenoxy) is 4. The molecule has 3 unspecified atom stereocenters. The van der Waals surface area contributed by atoms with Crippen LogP contribution in [0, 0.1) is 23.7 Å². The number of hydrogen-bond acceptors (Lipinski definition) is 15. The summed E-state index contributed by atoms with van der Waals surface area (Å²) in [6.45, 7) is 14.2. The zero-order valence-corrected chi connectivity index (χ0v) is 64.8. The normalized spacial score (nSPS) is 14.4. The van der Waals surface area contributed by atoms with Crippen molar-refractivity contribution in [1.29, 1.82) is 0 Å². The van der Waals surface area contributed by atoms with E-state index in [9.17, 15) is 43.2 Å². The Balaban J connectivity index is 5.24. The number of aliphatic hydroxyl groups is 1. The van der Waals surface area contributed by atoms with Gasteiger partial charge in [-0.2, -0.15) is 0 Å². The van der Waals surface area contributed by atoms with Crippen molar-refractivity contribution in [2.24, 2.45) is 23.7 Å². The maximum absolute atomic E-state index is 13.1. The first kappa shape index (κ1) is 94.1. The predicted molar refractivity (Wildman–Crippen MR) is 391 cm³/mol. The molecule has 0 heterocycles. The van der Waals surface area contributed by atoms with E-state index in [-0.39, 0.29) is 25.7 Å². The molecule has 0 saturated carbocycles. The van der Waals surface area contributed by atoms with Gasteiger partial charge in [-0.3, -0.25) is 37.3 Å². The van der Waals surface area contributed by atoms with Gasteiger partial charge >= 0.3 is 39.5 Å². The molecule has 0 radical (unpaired) electrons. The van der Waals surface area contributed by atoms with Gasteiger partial charge in [0.2, 0.25) is 0 Å². The highest BCUT2D eigenvalue weighted by atomic mass is 31.2. The van der Waals surface area contributed by atoms with Crippen molar-refractivity contribution >= 4 is 39.5 Å². The monoisotopic (exact) mass is 1410 g/mol. The summed E-state index contributed by atoms with van der Waals surface area (Å²) in [4.78, 5) is 72.8. The molecule has 0 aromatic heterocycles. The second-order valence-corrected chi connectivity index (χ2v) is 32.3. The van der Waals surface area contributed by atoms with Crippen LogP contribution in [0.5, 0.6) is 0 Å². The molecule has 19 heteroatoms. The summed E-state index contributed by atoms with van der Waals surface area (Å²) in [6, 6.07) is 0. The van der Waals surface area contributed by atoms with E-state index in [1.165, 1.54) is 186 Å². The summed E-state index contributed by atoms with van der Waals surface area (Å²) in [6.07, 6.45) is 51.4. The predicted octanol–water partition coefficient (Wildman–Crippen LogP) is 22.4. The topological polar surface area (TPSA) is 237 Å². The first-order valence-corrected chi connectivity index (χ1v) is 42.7. The van der Waals surface area contributed by atoms with Crippen molar-refractivity contribution in [2.45, 2.75) is 408 Å². The van der Waals surface area contributed by atoms with Crippen LogP contribution in [0.15, 0.2) is 0 Å². The molecular formula is C77H150O17P2. The Morgan fingerprint density at radius 2 is 0.500 bits per heavy atom. The third kappa shape index (κ3) is 69.2. The Hall–Kier alpha value is -1.94. The highest BCUT2D eigenvalue weighted by Crippen LogP contribution is 2.45. The molecule has 0 spiro atoms. The van der Waals surface area contributed by atoms with Crippen molar-refractivity contribution in [3.63, 3.8) is 0 Å². The van der Waals surface area contributed by atoms with E-state index < -0.39 is 97.5 Å². The molecule has 17 nitrogen and oxygen atoms in total. The number of rotatable bonds is 74. The van der Waals surface area contributed by atoms with Gasteiger partial charge in [0.1, 0.15) is 19.3 Å². The van der Waals surface area contributed by atoms with Crippen molar-refractivity contribution in [1.82, 2.24) is 0 Å². The zero-order chi connectivity index (χ0) is 71.0. The van der Waals surface area contributed by atoms with E-state index >= 15 is 0 Å². The average Bonchev–Trinajstić information content (AvgIpc) is 1.10. The zero-order valence-electron chi connectivity index (χ0n) is 63.0. The molecule has 0 bridgehead atoms. The Kier molecular flexibility index (Phi) is 65.0. The molecule has 0 aliphatic rings. The number of aliphatic hydroxyl groups excluding tert-OH is 1. The van der Waals surface area contributed by atoms with Crippen LogP contribution in [-0.4, -0.2) is 96.7 Å². The van der Waals surface area contributed by atoms with Crippen LogP contribution in [0.1, 0.15) is 389 Å². The van der Waals surface area contributed by atoms with Crippen molar-refractivity contribution in [2.75, 3.05) is 39.6 Å². The van der Waals surface area contributed by atoms with Crippen LogP contribution in [0.3, 0.4) is 0 Å². The molecule has 6 atom stereocenters. The Labute approximate surface area is 588 Å².